The van der Waals surface area contributed by atoms with Crippen molar-refractivity contribution in [2.45, 2.75) is 143 Å². The van der Waals surface area contributed by atoms with Gasteiger partial charge in [-0.15, -0.1) is 0 Å². The lowest BCUT2D eigenvalue weighted by atomic mass is 9.93. The molecule has 2 aliphatic rings. The number of ether oxygens (including phenoxy) is 7. The van der Waals surface area contributed by atoms with E-state index in [-0.39, 0.29) is 79.3 Å². The van der Waals surface area contributed by atoms with Gasteiger partial charge in [0.25, 0.3) is 11.1 Å². The highest BCUT2D eigenvalue weighted by atomic mass is 28.3. The second kappa shape index (κ2) is 34.6. The second-order valence-corrected chi connectivity index (χ2v) is 37.7. The van der Waals surface area contributed by atoms with Crippen molar-refractivity contribution in [2.24, 2.45) is 0 Å². The van der Waals surface area contributed by atoms with Crippen LogP contribution in [0, 0.1) is 0 Å². The molecule has 2 aromatic heterocycles. The van der Waals surface area contributed by atoms with Gasteiger partial charge in [0.2, 0.25) is 0 Å². The van der Waals surface area contributed by atoms with Crippen LogP contribution in [0.3, 0.4) is 0 Å². The van der Waals surface area contributed by atoms with Crippen LogP contribution in [0.1, 0.15) is 49.9 Å². The quantitative estimate of drug-likeness (QED) is 0.0220. The standard InChI is InChI=1S/C62H86N8O11Si2.2C2HF3O2/c1-42(2)66-17-19-67(20-18-66)61(73)79-35-45-14-16-52(49(28-45)37-76-6)46-30-53-57(63-38-64-59(53)71)56(33-46)81-62(74)70-22-21-68(43(3)4)34-50(70)29-44-13-15-51(48(27-44)36-75-5)47-31-54-58(55(32-47)80-41-78-24-26-83(10,11)12)65-39-69(60(54)72)40-77-23-25-82(7,8)9;2*3-2(4,5)1(6)7/h13-16,27-28,30-33,38-39,42-43,50H,17-26,29,34-37,40-41H2,1-12H3,(H,63,64,71);2*(H,6,7). The molecule has 4 aromatic carbocycles. The third-order valence-electron chi connectivity index (χ3n) is 16.0. The number of hydrogen-bond donors (Lipinski definition) is 3. The average molecular weight is 1400 g/mol. The average Bonchev–Trinajstić information content (AvgIpc) is 0.779. The zero-order chi connectivity index (χ0) is 71.7. The van der Waals surface area contributed by atoms with Crippen LogP contribution in [0.2, 0.25) is 51.4 Å². The van der Waals surface area contributed by atoms with Gasteiger partial charge in [0.15, 0.2) is 12.5 Å². The molecule has 0 saturated carbocycles. The van der Waals surface area contributed by atoms with Crippen LogP contribution in [0.5, 0.6) is 11.5 Å². The van der Waals surface area contributed by atoms with E-state index < -0.39 is 46.5 Å². The van der Waals surface area contributed by atoms with Crippen molar-refractivity contribution in [3.63, 3.8) is 0 Å². The van der Waals surface area contributed by atoms with Crippen molar-refractivity contribution in [3.8, 4) is 33.8 Å². The van der Waals surface area contributed by atoms with Crippen LogP contribution in [-0.4, -0.2) is 200 Å². The third-order valence-corrected chi connectivity index (χ3v) is 19.4. The molecule has 4 heterocycles. The minimum Gasteiger partial charge on any atom is -0.475 e. The minimum absolute atomic E-state index is 0.00338. The first-order valence-corrected chi connectivity index (χ1v) is 38.9. The minimum atomic E-state index is -5.08. The molecule has 31 heteroatoms. The van der Waals surface area contributed by atoms with Crippen LogP contribution >= 0.6 is 0 Å². The molecule has 97 heavy (non-hydrogen) atoms. The summed E-state index contributed by atoms with van der Waals surface area (Å²) in [6.45, 7) is 28.6. The van der Waals surface area contributed by atoms with Crippen molar-refractivity contribution >= 4 is 62.1 Å². The largest absolute Gasteiger partial charge is 0.490 e. The maximum absolute atomic E-state index is 14.8. The lowest BCUT2D eigenvalue weighted by Gasteiger charge is -2.42. The molecule has 2 saturated heterocycles. The van der Waals surface area contributed by atoms with Gasteiger partial charge in [-0.1, -0.05) is 69.6 Å². The Morgan fingerprint density at radius 1 is 0.639 bits per heavy atom. The third kappa shape index (κ3) is 23.2. The Hall–Kier alpha value is -7.79. The fraction of sp³-hybridized carbons (Fsp3) is 0.515. The number of nitrogens with zero attached hydrogens (tertiary/aromatic N) is 7. The summed E-state index contributed by atoms with van der Waals surface area (Å²) in [6.07, 6.45) is -7.78. The number of aromatic nitrogens is 4. The predicted octanol–water partition coefficient (Wildman–Crippen LogP) is 11.3. The number of aliphatic carboxylic acids is 2. The smallest absolute Gasteiger partial charge is 0.475 e. The molecule has 2 amide bonds. The molecule has 1 atom stereocenters. The highest BCUT2D eigenvalue weighted by molar-refractivity contribution is 6.76. The number of H-pyrrole nitrogens is 1. The summed E-state index contributed by atoms with van der Waals surface area (Å²) in [7, 11) is 0.566. The summed E-state index contributed by atoms with van der Waals surface area (Å²) in [4.78, 5) is 93.7. The van der Waals surface area contributed by atoms with Gasteiger partial charge in [-0.2, -0.15) is 26.3 Å². The number of rotatable bonds is 24. The van der Waals surface area contributed by atoms with Crippen LogP contribution in [0.15, 0.2) is 82.9 Å². The lowest BCUT2D eigenvalue weighted by molar-refractivity contribution is -0.193. The van der Waals surface area contributed by atoms with Crippen LogP contribution in [0.25, 0.3) is 44.1 Å². The maximum atomic E-state index is 14.8. The van der Waals surface area contributed by atoms with E-state index >= 15 is 0 Å². The summed E-state index contributed by atoms with van der Waals surface area (Å²) in [5.41, 5.74) is 6.41. The Morgan fingerprint density at radius 3 is 1.70 bits per heavy atom. The maximum Gasteiger partial charge on any atom is 0.490 e. The number of aromatic amines is 1. The van der Waals surface area contributed by atoms with Crippen LogP contribution in [-0.2, 0) is 66.2 Å². The van der Waals surface area contributed by atoms with Crippen molar-refractivity contribution in [1.29, 1.82) is 0 Å². The second-order valence-electron chi connectivity index (χ2n) is 26.5. The molecule has 0 bridgehead atoms. The van der Waals surface area contributed by atoms with Gasteiger partial charge in [-0.25, -0.2) is 29.1 Å². The molecule has 23 nitrogen and oxygen atoms in total. The Kier molecular flexibility index (Phi) is 27.9. The van der Waals surface area contributed by atoms with E-state index in [0.29, 0.717) is 80.6 Å². The molecular formula is C66H88F6N8O15Si2. The van der Waals surface area contributed by atoms with E-state index in [0.717, 1.165) is 64.1 Å². The van der Waals surface area contributed by atoms with E-state index in [1.54, 1.807) is 36.2 Å². The number of piperazine rings is 2. The Morgan fingerprint density at radius 2 is 1.15 bits per heavy atom. The zero-order valence-electron chi connectivity index (χ0n) is 56.8. The van der Waals surface area contributed by atoms with Crippen molar-refractivity contribution in [2.75, 3.05) is 80.0 Å². The van der Waals surface area contributed by atoms with Gasteiger partial charge in [0.05, 0.1) is 36.4 Å². The molecule has 2 aliphatic heterocycles. The number of carbonyl (C=O) groups excluding carboxylic acids is 2. The fourth-order valence-corrected chi connectivity index (χ4v) is 12.0. The van der Waals surface area contributed by atoms with Gasteiger partial charge < -0.3 is 58.2 Å². The normalized spacial score (nSPS) is 15.1. The highest BCUT2D eigenvalue weighted by Crippen LogP contribution is 2.36. The molecule has 8 rings (SSSR count). The molecule has 2 fully saturated rings. The van der Waals surface area contributed by atoms with E-state index in [4.69, 9.17) is 57.9 Å². The molecule has 532 valence electrons. The van der Waals surface area contributed by atoms with Gasteiger partial charge >= 0.3 is 36.5 Å². The molecular weight excluding hydrogens is 1310 g/mol. The first-order chi connectivity index (χ1) is 45.5. The number of alkyl halides is 6. The summed E-state index contributed by atoms with van der Waals surface area (Å²) >= 11 is 0. The van der Waals surface area contributed by atoms with Gasteiger partial charge in [0.1, 0.15) is 36.4 Å². The van der Waals surface area contributed by atoms with E-state index in [1.165, 1.54) is 17.2 Å². The summed E-state index contributed by atoms with van der Waals surface area (Å²) in [5.74, 6) is -4.95. The zero-order valence-corrected chi connectivity index (χ0v) is 58.8. The van der Waals surface area contributed by atoms with Gasteiger partial charge in [-0.05, 0) is 121 Å². The lowest BCUT2D eigenvalue weighted by Crippen LogP contribution is -2.58. The van der Waals surface area contributed by atoms with Crippen molar-refractivity contribution < 1.29 is 88.9 Å². The van der Waals surface area contributed by atoms with E-state index in [1.807, 2.05) is 36.4 Å². The molecule has 0 radical (unpaired) electrons. The number of amides is 2. The SMILES string of the molecule is COCc1cc(COC(=O)N2CCN(C(C)C)CC2)ccc1-c1cc(OC(=O)N2CCN(C(C)C)CC2Cc2ccc(-c3cc(OCOCC[Si](C)(C)C)c4ncn(COCC[Si](C)(C)C)c(=O)c4c3)c(COC)c2)c2nc[nH]c(=O)c2c1.O=C(O)C(F)(F)F.O=C(O)C(F)(F)F. The molecule has 0 aliphatic carbocycles. The predicted molar refractivity (Wildman–Crippen MR) is 357 cm³/mol. The number of nitrogens with one attached hydrogen (secondary N) is 1. The van der Waals surface area contributed by atoms with E-state index in [2.05, 4.69) is 98.9 Å². The topological polar surface area (TPSA) is 267 Å². The fourth-order valence-electron chi connectivity index (χ4n) is 10.5. The molecule has 0 spiro atoms. The van der Waals surface area contributed by atoms with E-state index in [9.17, 15) is 45.5 Å². The molecule has 6 aromatic rings. The summed E-state index contributed by atoms with van der Waals surface area (Å²) in [5, 5.41) is 14.9. The highest BCUT2D eigenvalue weighted by Gasteiger charge is 2.39. The van der Waals surface area contributed by atoms with Gasteiger partial charge in [0, 0.05) is 101 Å². The number of halogens is 6. The van der Waals surface area contributed by atoms with Crippen molar-refractivity contribution in [1.82, 2.24) is 39.1 Å². The number of carboxylic acids is 2. The summed E-state index contributed by atoms with van der Waals surface area (Å²) < 4.78 is 107. The number of carbonyl (C=O) groups is 4. The molecule has 3 N–H and O–H groups in total. The monoisotopic (exact) mass is 1400 g/mol. The first kappa shape index (κ1) is 78.2. The number of fused-ring (bicyclic) bond motifs is 2. The van der Waals surface area contributed by atoms with Crippen LogP contribution < -0.4 is 20.6 Å². The Balaban J connectivity index is 0.000000956. The molecule has 1 unspecified atom stereocenters. The number of carboxylic acid groups (broad SMARTS) is 2. The van der Waals surface area contributed by atoms with Crippen molar-refractivity contribution in [3.05, 3.63) is 116 Å². The van der Waals surface area contributed by atoms with Gasteiger partial charge in [-0.3, -0.25) is 24.0 Å². The number of methoxy groups -OCH3 is 2. The van der Waals surface area contributed by atoms with Crippen LogP contribution in [0.4, 0.5) is 35.9 Å². The first-order valence-electron chi connectivity index (χ1n) is 31.5. The number of hydrogen-bond acceptors (Lipinski definition) is 17. The number of benzene rings is 4. The summed E-state index contributed by atoms with van der Waals surface area (Å²) in [6, 6.07) is 21.4. The Bertz CT molecular complexity index is 3770. The Labute approximate surface area is 560 Å².